The van der Waals surface area contributed by atoms with Crippen LogP contribution in [-0.2, 0) is 16.2 Å². The van der Waals surface area contributed by atoms with E-state index in [-0.39, 0.29) is 11.5 Å². The van der Waals surface area contributed by atoms with Gasteiger partial charge in [-0.05, 0) is 77.2 Å². The first-order valence-electron chi connectivity index (χ1n) is 15.3. The molecule has 1 saturated heterocycles. The number of carboxylic acids is 1. The number of anilines is 3. The van der Waals surface area contributed by atoms with Gasteiger partial charge in [0.25, 0.3) is 0 Å². The van der Waals surface area contributed by atoms with Crippen molar-refractivity contribution in [2.24, 2.45) is 5.16 Å². The second-order valence-electron chi connectivity index (χ2n) is 11.3. The van der Waals surface area contributed by atoms with Gasteiger partial charge in [-0.25, -0.2) is 9.78 Å². The quantitative estimate of drug-likeness (QED) is 0.119. The molecule has 47 heavy (non-hydrogen) atoms. The summed E-state index contributed by atoms with van der Waals surface area (Å²) in [4.78, 5) is 35.8. The van der Waals surface area contributed by atoms with Crippen LogP contribution in [0.1, 0.15) is 34.3 Å². The molecule has 2 N–H and O–H groups in total. The van der Waals surface area contributed by atoms with Gasteiger partial charge < -0.3 is 20.2 Å². The number of carboxylic acid groups (broad SMARTS) is 1. The molecule has 1 aliphatic heterocycles. The minimum absolute atomic E-state index is 0.166. The van der Waals surface area contributed by atoms with Crippen molar-refractivity contribution in [1.82, 2.24) is 9.38 Å². The van der Waals surface area contributed by atoms with Crippen LogP contribution < -0.4 is 10.2 Å². The van der Waals surface area contributed by atoms with Crippen LogP contribution in [0.15, 0.2) is 127 Å². The molecule has 0 bridgehead atoms. The molecule has 1 amide bonds. The number of benzene rings is 4. The van der Waals surface area contributed by atoms with E-state index in [0.29, 0.717) is 13.0 Å². The Morgan fingerprint density at radius 1 is 0.894 bits per heavy atom. The SMILES string of the molecule is O=C(O)c1ccc(Nc2c(-c3ccc(CO/N=C\c4ccc(N5CCCC5=O)cc4)cc3)nc3cc(-c4ccccc4)ccn23)cc1. The van der Waals surface area contributed by atoms with Crippen molar-refractivity contribution in [3.05, 3.63) is 138 Å². The summed E-state index contributed by atoms with van der Waals surface area (Å²) in [6, 6.07) is 36.6. The first kappa shape index (κ1) is 29.5. The Bertz CT molecular complexity index is 2070. The Balaban J connectivity index is 1.09. The fourth-order valence-corrected chi connectivity index (χ4v) is 5.64. The molecule has 3 heterocycles. The van der Waals surface area contributed by atoms with Gasteiger partial charge in [0.2, 0.25) is 5.91 Å². The highest BCUT2D eigenvalue weighted by atomic mass is 16.6. The Morgan fingerprint density at radius 3 is 2.36 bits per heavy atom. The molecule has 232 valence electrons. The maximum absolute atomic E-state index is 12.0. The topological polar surface area (TPSA) is 109 Å². The van der Waals surface area contributed by atoms with Gasteiger partial charge >= 0.3 is 5.97 Å². The fourth-order valence-electron chi connectivity index (χ4n) is 5.64. The number of hydrogen-bond donors (Lipinski definition) is 2. The second kappa shape index (κ2) is 13.0. The van der Waals surface area contributed by atoms with Gasteiger partial charge in [-0.2, -0.15) is 0 Å². The highest BCUT2D eigenvalue weighted by molar-refractivity contribution is 5.95. The molecular formula is C38H31N5O4. The van der Waals surface area contributed by atoms with E-state index in [1.807, 2.05) is 82.2 Å². The van der Waals surface area contributed by atoms with Crippen molar-refractivity contribution in [1.29, 1.82) is 0 Å². The zero-order valence-corrected chi connectivity index (χ0v) is 25.4. The van der Waals surface area contributed by atoms with Crippen LogP contribution in [0.4, 0.5) is 17.2 Å². The lowest BCUT2D eigenvalue weighted by atomic mass is 10.1. The van der Waals surface area contributed by atoms with Crippen LogP contribution in [0.25, 0.3) is 28.0 Å². The normalized spacial score (nSPS) is 13.0. The Labute approximate surface area is 271 Å². The standard InChI is InChI=1S/C38H31N5O4/c44-35-7-4-21-42(35)33-18-10-26(11-19-33)24-39-47-25-27-8-12-29(13-9-27)36-37(40-32-16-14-30(15-17-32)38(45)46)43-22-20-31(23-34(43)41-36)28-5-2-1-3-6-28/h1-3,5-6,8-20,22-24,40H,4,7,21,25H2,(H,45,46)/b39-24-. The molecule has 9 nitrogen and oxygen atoms in total. The molecular weight excluding hydrogens is 590 g/mol. The number of fused-ring (bicyclic) bond motifs is 1. The van der Waals surface area contributed by atoms with Crippen molar-refractivity contribution in [2.75, 3.05) is 16.8 Å². The monoisotopic (exact) mass is 621 g/mol. The van der Waals surface area contributed by atoms with Crippen LogP contribution in [0, 0.1) is 0 Å². The van der Waals surface area contributed by atoms with E-state index in [9.17, 15) is 14.7 Å². The number of hydrogen-bond acceptors (Lipinski definition) is 6. The number of carbonyl (C=O) groups is 2. The molecule has 9 heteroatoms. The Hall–Kier alpha value is -6.22. The predicted octanol–water partition coefficient (Wildman–Crippen LogP) is 7.79. The largest absolute Gasteiger partial charge is 0.478 e. The highest BCUT2D eigenvalue weighted by Crippen LogP contribution is 2.33. The fraction of sp³-hybridized carbons (Fsp3) is 0.105. The summed E-state index contributed by atoms with van der Waals surface area (Å²) in [7, 11) is 0. The van der Waals surface area contributed by atoms with Gasteiger partial charge in [-0.3, -0.25) is 9.20 Å². The lowest BCUT2D eigenvalue weighted by Crippen LogP contribution is -2.23. The maximum Gasteiger partial charge on any atom is 0.335 e. The van der Waals surface area contributed by atoms with Crippen LogP contribution in [0.5, 0.6) is 0 Å². The van der Waals surface area contributed by atoms with Gasteiger partial charge in [0.15, 0.2) is 0 Å². The third-order valence-electron chi connectivity index (χ3n) is 8.14. The van der Waals surface area contributed by atoms with E-state index < -0.39 is 5.97 Å². The van der Waals surface area contributed by atoms with Crippen LogP contribution in [-0.4, -0.2) is 39.1 Å². The molecule has 0 unspecified atom stereocenters. The van der Waals surface area contributed by atoms with Crippen molar-refractivity contribution in [3.63, 3.8) is 0 Å². The van der Waals surface area contributed by atoms with Gasteiger partial charge in [-0.1, -0.05) is 71.9 Å². The minimum Gasteiger partial charge on any atom is -0.478 e. The lowest BCUT2D eigenvalue weighted by Gasteiger charge is -2.15. The summed E-state index contributed by atoms with van der Waals surface area (Å²) in [5, 5.41) is 16.9. The van der Waals surface area contributed by atoms with Crippen LogP contribution >= 0.6 is 0 Å². The molecule has 4 aromatic carbocycles. The van der Waals surface area contributed by atoms with Crippen LogP contribution in [0.2, 0.25) is 0 Å². The zero-order valence-electron chi connectivity index (χ0n) is 25.4. The molecule has 0 aliphatic carbocycles. The van der Waals surface area contributed by atoms with Crippen molar-refractivity contribution >= 4 is 40.9 Å². The van der Waals surface area contributed by atoms with E-state index >= 15 is 0 Å². The van der Waals surface area contributed by atoms with E-state index in [1.165, 1.54) is 0 Å². The first-order valence-corrected chi connectivity index (χ1v) is 15.3. The van der Waals surface area contributed by atoms with Crippen LogP contribution in [0.3, 0.4) is 0 Å². The van der Waals surface area contributed by atoms with Gasteiger partial charge in [0.1, 0.15) is 23.8 Å². The molecule has 1 fully saturated rings. The van der Waals surface area contributed by atoms with Crippen molar-refractivity contribution < 1.29 is 19.5 Å². The highest BCUT2D eigenvalue weighted by Gasteiger charge is 2.21. The van der Waals surface area contributed by atoms with E-state index in [2.05, 4.69) is 34.7 Å². The summed E-state index contributed by atoms with van der Waals surface area (Å²) in [5.74, 6) is -0.0455. The third-order valence-corrected chi connectivity index (χ3v) is 8.14. The molecule has 6 aromatic rings. The minimum atomic E-state index is -0.972. The average molecular weight is 622 g/mol. The number of rotatable bonds is 10. The summed E-state index contributed by atoms with van der Waals surface area (Å²) in [5.41, 5.74) is 8.28. The first-order chi connectivity index (χ1) is 23.0. The molecule has 7 rings (SSSR count). The number of oxime groups is 1. The molecule has 0 spiro atoms. The molecule has 0 radical (unpaired) electrons. The maximum atomic E-state index is 12.0. The summed E-state index contributed by atoms with van der Waals surface area (Å²) < 4.78 is 1.99. The number of carbonyl (C=O) groups excluding carboxylic acids is 1. The van der Waals surface area contributed by atoms with Gasteiger partial charge in [0, 0.05) is 36.1 Å². The molecule has 1 aliphatic rings. The molecule has 2 aromatic heterocycles. The smallest absolute Gasteiger partial charge is 0.335 e. The Kier molecular flexibility index (Phi) is 8.17. The number of nitrogens with zero attached hydrogens (tertiary/aromatic N) is 4. The predicted molar refractivity (Wildman–Crippen MR) is 183 cm³/mol. The van der Waals surface area contributed by atoms with E-state index in [1.54, 1.807) is 30.5 Å². The number of aromatic nitrogens is 2. The average Bonchev–Trinajstić information content (AvgIpc) is 3.70. The van der Waals surface area contributed by atoms with Crippen molar-refractivity contribution in [3.8, 4) is 22.4 Å². The number of amides is 1. The summed E-state index contributed by atoms with van der Waals surface area (Å²) in [6.45, 7) is 1.06. The number of aromatic carboxylic acids is 1. The lowest BCUT2D eigenvalue weighted by molar-refractivity contribution is -0.117. The second-order valence-corrected chi connectivity index (χ2v) is 11.3. The van der Waals surface area contributed by atoms with Crippen molar-refractivity contribution in [2.45, 2.75) is 19.4 Å². The summed E-state index contributed by atoms with van der Waals surface area (Å²) in [6.07, 6.45) is 5.15. The van der Waals surface area contributed by atoms with E-state index in [0.717, 1.165) is 69.3 Å². The van der Waals surface area contributed by atoms with Gasteiger partial charge in [-0.15, -0.1) is 0 Å². The number of imidazole rings is 1. The zero-order chi connectivity index (χ0) is 32.2. The number of nitrogens with one attached hydrogen (secondary N) is 1. The van der Waals surface area contributed by atoms with E-state index in [4.69, 9.17) is 9.82 Å². The van der Waals surface area contributed by atoms with Gasteiger partial charge in [0.05, 0.1) is 11.8 Å². The third kappa shape index (κ3) is 6.46. The summed E-state index contributed by atoms with van der Waals surface area (Å²) >= 11 is 0. The molecule has 0 atom stereocenters. The Morgan fingerprint density at radius 2 is 1.66 bits per heavy atom. The molecule has 0 saturated carbocycles. The number of pyridine rings is 1.